The van der Waals surface area contributed by atoms with E-state index >= 15 is 0 Å². The van der Waals surface area contributed by atoms with Crippen molar-refractivity contribution < 1.29 is 13.6 Å². The van der Waals surface area contributed by atoms with Crippen LogP contribution >= 0.6 is 0 Å². The van der Waals surface area contributed by atoms with E-state index in [4.69, 9.17) is 8.83 Å². The van der Waals surface area contributed by atoms with Gasteiger partial charge in [0.25, 0.3) is 0 Å². The highest BCUT2D eigenvalue weighted by Gasteiger charge is 2.06. The van der Waals surface area contributed by atoms with Crippen LogP contribution in [0.5, 0.6) is 0 Å². The van der Waals surface area contributed by atoms with Crippen LogP contribution in [0.25, 0.3) is 6.08 Å². The highest BCUT2D eigenvalue weighted by molar-refractivity contribution is 5.91. The second kappa shape index (κ2) is 6.80. The fourth-order valence-corrected chi connectivity index (χ4v) is 1.88. The predicted molar refractivity (Wildman–Crippen MR) is 77.1 cm³/mol. The topological polar surface area (TPSA) is 55.4 Å². The molecule has 0 spiro atoms. The zero-order valence-corrected chi connectivity index (χ0v) is 11.8. The van der Waals surface area contributed by atoms with Crippen molar-refractivity contribution in [3.8, 4) is 0 Å². The van der Waals surface area contributed by atoms with Gasteiger partial charge in [0, 0.05) is 18.5 Å². The Morgan fingerprint density at radius 2 is 2.25 bits per heavy atom. The van der Waals surface area contributed by atoms with E-state index in [1.54, 1.807) is 12.3 Å². The van der Waals surface area contributed by atoms with Crippen LogP contribution in [0.4, 0.5) is 0 Å². The molecule has 20 heavy (non-hydrogen) atoms. The van der Waals surface area contributed by atoms with Gasteiger partial charge in [-0.1, -0.05) is 0 Å². The fourth-order valence-electron chi connectivity index (χ4n) is 1.88. The average Bonchev–Trinajstić information content (AvgIpc) is 3.05. The van der Waals surface area contributed by atoms with Gasteiger partial charge in [0.1, 0.15) is 17.3 Å². The summed E-state index contributed by atoms with van der Waals surface area (Å²) >= 11 is 0. The van der Waals surface area contributed by atoms with E-state index in [9.17, 15) is 4.79 Å². The maximum Gasteiger partial charge on any atom is 0.244 e. The van der Waals surface area contributed by atoms with Crippen LogP contribution < -0.4 is 5.32 Å². The third-order valence-corrected chi connectivity index (χ3v) is 2.95. The molecule has 0 saturated carbocycles. The molecule has 2 heterocycles. The number of nitrogens with one attached hydrogen (secondary N) is 1. The van der Waals surface area contributed by atoms with Gasteiger partial charge in [-0.3, -0.25) is 4.79 Å². The van der Waals surface area contributed by atoms with Crippen molar-refractivity contribution in [1.29, 1.82) is 0 Å². The first-order valence-electron chi connectivity index (χ1n) is 6.71. The summed E-state index contributed by atoms with van der Waals surface area (Å²) in [5.74, 6) is 2.33. The van der Waals surface area contributed by atoms with Crippen LogP contribution in [0.3, 0.4) is 0 Å². The van der Waals surface area contributed by atoms with E-state index < -0.39 is 0 Å². The van der Waals surface area contributed by atoms with Gasteiger partial charge in [-0.15, -0.1) is 0 Å². The lowest BCUT2D eigenvalue weighted by atomic mass is 10.1. The molecule has 4 heteroatoms. The average molecular weight is 273 g/mol. The fraction of sp³-hybridized carbons (Fsp3) is 0.312. The maximum atomic E-state index is 11.7. The van der Waals surface area contributed by atoms with Gasteiger partial charge in [-0.05, 0) is 50.6 Å². The van der Waals surface area contributed by atoms with E-state index in [1.165, 1.54) is 6.08 Å². The number of furan rings is 2. The minimum absolute atomic E-state index is 0.0931. The summed E-state index contributed by atoms with van der Waals surface area (Å²) in [5, 5.41) is 2.91. The van der Waals surface area contributed by atoms with E-state index in [2.05, 4.69) is 5.32 Å². The summed E-state index contributed by atoms with van der Waals surface area (Å²) in [4.78, 5) is 11.7. The Morgan fingerprint density at radius 1 is 1.40 bits per heavy atom. The lowest BCUT2D eigenvalue weighted by Gasteiger charge is -2.11. The molecule has 0 aliphatic rings. The highest BCUT2D eigenvalue weighted by atomic mass is 16.3. The quantitative estimate of drug-likeness (QED) is 0.821. The van der Waals surface area contributed by atoms with Crippen molar-refractivity contribution in [1.82, 2.24) is 5.32 Å². The first-order chi connectivity index (χ1) is 9.63. The van der Waals surface area contributed by atoms with E-state index in [-0.39, 0.29) is 11.9 Å². The predicted octanol–water partition coefficient (Wildman–Crippen LogP) is 3.33. The zero-order chi connectivity index (χ0) is 14.4. The van der Waals surface area contributed by atoms with Crippen LogP contribution in [-0.2, 0) is 11.2 Å². The standard InChI is InChI=1S/C16H19NO3/c1-12(5-7-14-4-3-11-19-14)17-16(18)10-9-15-8-6-13(2)20-15/h3-4,6,8-12H,5,7H2,1-2H3,(H,17,18)/b10-9+. The number of hydrogen-bond donors (Lipinski definition) is 1. The van der Waals surface area contributed by atoms with E-state index in [0.29, 0.717) is 5.76 Å². The van der Waals surface area contributed by atoms with Gasteiger partial charge >= 0.3 is 0 Å². The van der Waals surface area contributed by atoms with Crippen molar-refractivity contribution in [2.75, 3.05) is 0 Å². The molecule has 1 unspecified atom stereocenters. The molecule has 2 rings (SSSR count). The summed E-state index contributed by atoms with van der Waals surface area (Å²) in [7, 11) is 0. The third kappa shape index (κ3) is 4.46. The number of rotatable bonds is 6. The molecule has 1 atom stereocenters. The molecule has 0 fully saturated rings. The molecule has 2 aromatic rings. The van der Waals surface area contributed by atoms with Crippen LogP contribution in [0.15, 0.2) is 45.4 Å². The SMILES string of the molecule is Cc1ccc(/C=C/C(=O)NC(C)CCc2ccco2)o1. The Bertz CT molecular complexity index is 566. The molecule has 0 bridgehead atoms. The second-order valence-electron chi connectivity index (χ2n) is 4.81. The molecule has 0 radical (unpaired) electrons. The van der Waals surface area contributed by atoms with Crippen molar-refractivity contribution in [3.05, 3.63) is 53.9 Å². The lowest BCUT2D eigenvalue weighted by Crippen LogP contribution is -2.31. The number of hydrogen-bond acceptors (Lipinski definition) is 3. The minimum Gasteiger partial charge on any atom is -0.469 e. The molecule has 106 valence electrons. The number of carbonyl (C=O) groups is 1. The maximum absolute atomic E-state index is 11.7. The molecule has 1 N–H and O–H groups in total. The molecule has 2 aromatic heterocycles. The highest BCUT2D eigenvalue weighted by Crippen LogP contribution is 2.08. The third-order valence-electron chi connectivity index (χ3n) is 2.95. The van der Waals surface area contributed by atoms with E-state index in [0.717, 1.165) is 24.4 Å². The van der Waals surface area contributed by atoms with Crippen LogP contribution in [-0.4, -0.2) is 11.9 Å². The number of aryl methyl sites for hydroxylation is 2. The molecule has 0 aromatic carbocycles. The van der Waals surface area contributed by atoms with Gasteiger partial charge in [0.15, 0.2) is 0 Å². The minimum atomic E-state index is -0.119. The van der Waals surface area contributed by atoms with Crippen LogP contribution in [0.2, 0.25) is 0 Å². The van der Waals surface area contributed by atoms with Gasteiger partial charge in [-0.25, -0.2) is 0 Å². The Hall–Kier alpha value is -2.23. The smallest absolute Gasteiger partial charge is 0.244 e. The van der Waals surface area contributed by atoms with Crippen molar-refractivity contribution in [2.24, 2.45) is 0 Å². The summed E-state index contributed by atoms with van der Waals surface area (Å²) in [6, 6.07) is 7.60. The van der Waals surface area contributed by atoms with Crippen LogP contribution in [0, 0.1) is 6.92 Å². The summed E-state index contributed by atoms with van der Waals surface area (Å²) in [5.41, 5.74) is 0. The largest absolute Gasteiger partial charge is 0.469 e. The Kier molecular flexibility index (Phi) is 4.82. The Morgan fingerprint density at radius 3 is 2.90 bits per heavy atom. The monoisotopic (exact) mass is 273 g/mol. The zero-order valence-electron chi connectivity index (χ0n) is 11.8. The van der Waals surface area contributed by atoms with Gasteiger partial charge < -0.3 is 14.2 Å². The van der Waals surface area contributed by atoms with Crippen molar-refractivity contribution in [3.63, 3.8) is 0 Å². The molecular weight excluding hydrogens is 254 g/mol. The normalized spacial score (nSPS) is 12.7. The summed E-state index contributed by atoms with van der Waals surface area (Å²) in [6.45, 7) is 3.85. The van der Waals surface area contributed by atoms with Gasteiger partial charge in [0.2, 0.25) is 5.91 Å². The molecule has 0 saturated heterocycles. The molecule has 0 aliphatic carbocycles. The number of carbonyl (C=O) groups excluding carboxylic acids is 1. The molecule has 1 amide bonds. The lowest BCUT2D eigenvalue weighted by molar-refractivity contribution is -0.117. The first-order valence-corrected chi connectivity index (χ1v) is 6.71. The molecular formula is C16H19NO3. The molecule has 4 nitrogen and oxygen atoms in total. The second-order valence-corrected chi connectivity index (χ2v) is 4.81. The van der Waals surface area contributed by atoms with Crippen LogP contribution in [0.1, 0.15) is 30.6 Å². The van der Waals surface area contributed by atoms with Crippen molar-refractivity contribution >= 4 is 12.0 Å². The van der Waals surface area contributed by atoms with Gasteiger partial charge in [0.05, 0.1) is 6.26 Å². The van der Waals surface area contributed by atoms with Gasteiger partial charge in [-0.2, -0.15) is 0 Å². The van der Waals surface area contributed by atoms with E-state index in [1.807, 2.05) is 38.1 Å². The first kappa shape index (κ1) is 14.2. The summed E-state index contributed by atoms with van der Waals surface area (Å²) in [6.07, 6.45) is 6.47. The van der Waals surface area contributed by atoms with Crippen molar-refractivity contribution in [2.45, 2.75) is 32.7 Å². The Balaban J connectivity index is 1.74. The molecule has 0 aliphatic heterocycles. The number of amides is 1. The Labute approximate surface area is 118 Å². The summed E-state index contributed by atoms with van der Waals surface area (Å²) < 4.78 is 10.6.